The highest BCUT2D eigenvalue weighted by Crippen LogP contribution is 2.33. The van der Waals surface area contributed by atoms with Gasteiger partial charge in [0, 0.05) is 30.3 Å². The van der Waals surface area contributed by atoms with E-state index in [0.29, 0.717) is 53.5 Å². The predicted octanol–water partition coefficient (Wildman–Crippen LogP) is 3.16. The van der Waals surface area contributed by atoms with Crippen LogP contribution in [0.25, 0.3) is 15.5 Å². The van der Waals surface area contributed by atoms with Crippen molar-refractivity contribution < 1.29 is 14.5 Å². The van der Waals surface area contributed by atoms with Crippen LogP contribution in [-0.4, -0.2) is 56.9 Å². The zero-order chi connectivity index (χ0) is 22.9. The molecule has 2 aromatic carbocycles. The van der Waals surface area contributed by atoms with Crippen LogP contribution in [0.15, 0.2) is 42.5 Å². The van der Waals surface area contributed by atoms with E-state index in [4.69, 9.17) is 4.74 Å². The quantitative estimate of drug-likeness (QED) is 0.352. The second kappa shape index (κ2) is 8.56. The van der Waals surface area contributed by atoms with Crippen molar-refractivity contribution in [1.82, 2.24) is 19.8 Å². The molecule has 0 unspecified atom stereocenters. The number of nitrogens with one attached hydrogen (secondary N) is 1. The number of nitro groups is 1. The molecule has 4 aromatic rings. The first-order chi connectivity index (χ1) is 16.0. The molecule has 0 bridgehead atoms. The monoisotopic (exact) mass is 465 g/mol. The van der Waals surface area contributed by atoms with Crippen molar-refractivity contribution in [2.45, 2.75) is 6.92 Å². The molecular formula is C21H19N7O4S. The average molecular weight is 465 g/mol. The summed E-state index contributed by atoms with van der Waals surface area (Å²) >= 11 is 1.35. The molecule has 2 aromatic heterocycles. The standard InChI is InChI=1S/C21H19N7O4S/c1-13-23-24-21-27(13)25-20(33-21)15-4-2-3-5-16(15)22-19(29)14-6-7-17(18(12-14)28(30)31)26-8-10-32-11-9-26/h2-7,12H,8-11H2,1H3,(H,22,29). The first-order valence-corrected chi connectivity index (χ1v) is 11.0. The van der Waals surface area contributed by atoms with Crippen molar-refractivity contribution in [2.24, 2.45) is 0 Å². The highest BCUT2D eigenvalue weighted by atomic mass is 32.1. The molecule has 1 N–H and O–H groups in total. The van der Waals surface area contributed by atoms with Gasteiger partial charge < -0.3 is 15.0 Å². The molecule has 1 aliphatic heterocycles. The lowest BCUT2D eigenvalue weighted by molar-refractivity contribution is -0.384. The van der Waals surface area contributed by atoms with E-state index < -0.39 is 10.8 Å². The molecule has 0 radical (unpaired) electrons. The maximum absolute atomic E-state index is 13.0. The lowest BCUT2D eigenvalue weighted by atomic mass is 10.1. The molecule has 0 aliphatic carbocycles. The number of anilines is 2. The van der Waals surface area contributed by atoms with Crippen LogP contribution in [0.2, 0.25) is 0 Å². The van der Waals surface area contributed by atoms with Crippen molar-refractivity contribution in [1.29, 1.82) is 0 Å². The molecular weight excluding hydrogens is 446 g/mol. The molecule has 0 spiro atoms. The van der Waals surface area contributed by atoms with Gasteiger partial charge in [-0.15, -0.1) is 10.2 Å². The number of benzene rings is 2. The molecule has 12 heteroatoms. The summed E-state index contributed by atoms with van der Waals surface area (Å²) in [7, 11) is 0. The van der Waals surface area contributed by atoms with Crippen LogP contribution in [0.4, 0.5) is 17.1 Å². The van der Waals surface area contributed by atoms with Gasteiger partial charge in [-0.3, -0.25) is 14.9 Å². The van der Waals surface area contributed by atoms with E-state index in [9.17, 15) is 14.9 Å². The van der Waals surface area contributed by atoms with Crippen molar-refractivity contribution in [3.63, 3.8) is 0 Å². The van der Waals surface area contributed by atoms with Crippen molar-refractivity contribution in [3.05, 3.63) is 64.0 Å². The zero-order valence-electron chi connectivity index (χ0n) is 17.6. The third-order valence-electron chi connectivity index (χ3n) is 5.34. The Labute approximate surface area is 191 Å². The summed E-state index contributed by atoms with van der Waals surface area (Å²) in [5.41, 5.74) is 1.84. The van der Waals surface area contributed by atoms with E-state index in [1.54, 1.807) is 28.8 Å². The number of carbonyl (C=O) groups is 1. The topological polar surface area (TPSA) is 128 Å². The van der Waals surface area contributed by atoms with Gasteiger partial charge in [-0.1, -0.05) is 23.5 Å². The second-order valence-corrected chi connectivity index (χ2v) is 8.36. The van der Waals surface area contributed by atoms with Gasteiger partial charge in [0.2, 0.25) is 4.96 Å². The summed E-state index contributed by atoms with van der Waals surface area (Å²) in [6.45, 7) is 3.95. The van der Waals surface area contributed by atoms with E-state index in [-0.39, 0.29) is 11.3 Å². The normalized spacial score (nSPS) is 13.9. The Bertz CT molecular complexity index is 1360. The Morgan fingerprint density at radius 3 is 2.73 bits per heavy atom. The Hall–Kier alpha value is -3.90. The Morgan fingerprint density at radius 2 is 1.97 bits per heavy atom. The summed E-state index contributed by atoms with van der Waals surface area (Å²) in [6, 6.07) is 11.8. The molecule has 1 fully saturated rings. The lowest BCUT2D eigenvalue weighted by Crippen LogP contribution is -2.36. The number of rotatable bonds is 5. The van der Waals surface area contributed by atoms with Crippen LogP contribution < -0.4 is 10.2 Å². The van der Waals surface area contributed by atoms with Crippen LogP contribution >= 0.6 is 11.3 Å². The first kappa shape index (κ1) is 21.0. The predicted molar refractivity (Wildman–Crippen MR) is 123 cm³/mol. The highest BCUT2D eigenvalue weighted by Gasteiger charge is 2.24. The van der Waals surface area contributed by atoms with Crippen molar-refractivity contribution >= 4 is 39.3 Å². The number of morpholine rings is 1. The summed E-state index contributed by atoms with van der Waals surface area (Å²) in [5.74, 6) is 0.222. The van der Waals surface area contributed by atoms with Crippen molar-refractivity contribution in [3.8, 4) is 10.6 Å². The maximum Gasteiger partial charge on any atom is 0.293 e. The number of nitro benzene ring substituents is 1. The van der Waals surface area contributed by atoms with Crippen LogP contribution in [0.5, 0.6) is 0 Å². The number of hydrogen-bond donors (Lipinski definition) is 1. The molecule has 0 saturated carbocycles. The number of amides is 1. The van der Waals surface area contributed by atoms with Gasteiger partial charge in [0.1, 0.15) is 10.7 Å². The minimum Gasteiger partial charge on any atom is -0.378 e. The molecule has 3 heterocycles. The average Bonchev–Trinajstić information content (AvgIpc) is 3.41. The van der Waals surface area contributed by atoms with Crippen molar-refractivity contribution in [2.75, 3.05) is 36.5 Å². The smallest absolute Gasteiger partial charge is 0.293 e. The summed E-state index contributed by atoms with van der Waals surface area (Å²) in [4.78, 5) is 26.8. The Kier molecular flexibility index (Phi) is 5.44. The fourth-order valence-electron chi connectivity index (χ4n) is 3.68. The molecule has 11 nitrogen and oxygen atoms in total. The summed E-state index contributed by atoms with van der Waals surface area (Å²) in [5, 5.41) is 27.9. The third kappa shape index (κ3) is 4.01. The molecule has 33 heavy (non-hydrogen) atoms. The minimum atomic E-state index is -0.461. The van der Waals surface area contributed by atoms with Gasteiger partial charge in [-0.25, -0.2) is 0 Å². The molecule has 1 aliphatic rings. The zero-order valence-corrected chi connectivity index (χ0v) is 18.4. The fourth-order valence-corrected chi connectivity index (χ4v) is 4.60. The second-order valence-electron chi connectivity index (χ2n) is 7.41. The molecule has 5 rings (SSSR count). The fraction of sp³-hybridized carbons (Fsp3) is 0.238. The van der Waals surface area contributed by atoms with E-state index >= 15 is 0 Å². The van der Waals surface area contributed by atoms with E-state index in [0.717, 1.165) is 5.56 Å². The van der Waals surface area contributed by atoms with Gasteiger partial charge in [-0.2, -0.15) is 9.61 Å². The molecule has 0 atom stereocenters. The van der Waals surface area contributed by atoms with E-state index in [1.807, 2.05) is 24.0 Å². The number of aromatic nitrogens is 4. The van der Waals surface area contributed by atoms with Gasteiger partial charge in [0.25, 0.3) is 11.6 Å². The largest absolute Gasteiger partial charge is 0.378 e. The number of carbonyl (C=O) groups excluding carboxylic acids is 1. The number of nitrogens with zero attached hydrogens (tertiary/aromatic N) is 6. The summed E-state index contributed by atoms with van der Waals surface area (Å²) in [6.07, 6.45) is 0. The first-order valence-electron chi connectivity index (χ1n) is 10.2. The number of para-hydroxylation sites is 1. The van der Waals surface area contributed by atoms with Gasteiger partial charge in [0.05, 0.1) is 23.8 Å². The van der Waals surface area contributed by atoms with Gasteiger partial charge >= 0.3 is 0 Å². The molecule has 1 saturated heterocycles. The molecule has 168 valence electrons. The number of hydrogen-bond acceptors (Lipinski definition) is 9. The van der Waals surface area contributed by atoms with Crippen LogP contribution in [-0.2, 0) is 4.74 Å². The SMILES string of the molecule is Cc1nnc2sc(-c3ccccc3NC(=O)c3ccc(N4CCOCC4)c([N+](=O)[O-])c3)nn12. The highest BCUT2D eigenvalue weighted by molar-refractivity contribution is 7.19. The third-order valence-corrected chi connectivity index (χ3v) is 6.27. The maximum atomic E-state index is 13.0. The minimum absolute atomic E-state index is 0.109. The van der Waals surface area contributed by atoms with Crippen LogP contribution in [0.3, 0.4) is 0 Å². The van der Waals surface area contributed by atoms with Crippen LogP contribution in [0.1, 0.15) is 16.2 Å². The van der Waals surface area contributed by atoms with Gasteiger partial charge in [0.15, 0.2) is 5.82 Å². The Balaban J connectivity index is 1.44. The van der Waals surface area contributed by atoms with Crippen LogP contribution in [0, 0.1) is 17.0 Å². The number of fused-ring (bicyclic) bond motifs is 1. The molecule has 1 amide bonds. The summed E-state index contributed by atoms with van der Waals surface area (Å²) < 4.78 is 6.97. The number of aryl methyl sites for hydroxylation is 1. The Morgan fingerprint density at radius 1 is 1.18 bits per heavy atom. The lowest BCUT2D eigenvalue weighted by Gasteiger charge is -2.28. The number of ether oxygens (including phenoxy) is 1. The van der Waals surface area contributed by atoms with Gasteiger partial charge in [-0.05, 0) is 31.2 Å². The van der Waals surface area contributed by atoms with E-state index in [1.165, 1.54) is 17.4 Å². The van der Waals surface area contributed by atoms with E-state index in [2.05, 4.69) is 20.6 Å².